The Kier molecular flexibility index (Phi) is 4.18. The predicted molar refractivity (Wildman–Crippen MR) is 98.1 cm³/mol. The molecule has 1 amide bonds. The Bertz CT molecular complexity index is 685. The van der Waals surface area contributed by atoms with Gasteiger partial charge in [-0.15, -0.1) is 0 Å². The number of ether oxygens (including phenoxy) is 2. The zero-order valence-corrected chi connectivity index (χ0v) is 15.8. The molecule has 4 aliphatic rings. The lowest BCUT2D eigenvalue weighted by molar-refractivity contribution is -0.152. The highest BCUT2D eigenvalue weighted by Crippen LogP contribution is 2.55. The van der Waals surface area contributed by atoms with Gasteiger partial charge in [-0.05, 0) is 75.8 Å². The Hall–Kier alpha value is -1.75. The molecule has 0 aliphatic heterocycles. The molecule has 5 atom stereocenters. The fourth-order valence-electron chi connectivity index (χ4n) is 5.55. The Morgan fingerprint density at radius 3 is 2.46 bits per heavy atom. The van der Waals surface area contributed by atoms with E-state index in [0.29, 0.717) is 29.3 Å². The summed E-state index contributed by atoms with van der Waals surface area (Å²) in [5, 5.41) is 14.0. The molecule has 26 heavy (non-hydrogen) atoms. The van der Waals surface area contributed by atoms with Gasteiger partial charge in [0.25, 0.3) is 5.91 Å². The second-order valence-electron chi connectivity index (χ2n) is 8.98. The number of nitrogens with one attached hydrogen (secondary N) is 1. The number of amides is 1. The van der Waals surface area contributed by atoms with E-state index < -0.39 is 11.2 Å². The number of hydrogen-bond acceptors (Lipinski definition) is 4. The smallest absolute Gasteiger partial charge is 0.263 e. The van der Waals surface area contributed by atoms with E-state index in [0.717, 1.165) is 32.1 Å². The minimum Gasteiger partial charge on any atom is -0.497 e. The van der Waals surface area contributed by atoms with Gasteiger partial charge in [-0.3, -0.25) is 4.79 Å². The zero-order valence-electron chi connectivity index (χ0n) is 15.8. The van der Waals surface area contributed by atoms with Crippen molar-refractivity contribution in [2.24, 2.45) is 17.8 Å². The van der Waals surface area contributed by atoms with Gasteiger partial charge in [-0.25, -0.2) is 0 Å². The Balaban J connectivity index is 1.44. The van der Waals surface area contributed by atoms with Crippen molar-refractivity contribution in [2.75, 3.05) is 7.11 Å². The third kappa shape index (κ3) is 3.18. The molecule has 0 spiro atoms. The molecule has 4 saturated carbocycles. The summed E-state index contributed by atoms with van der Waals surface area (Å²) in [5.74, 6) is 2.64. The lowest BCUT2D eigenvalue weighted by Crippen LogP contribution is -2.63. The van der Waals surface area contributed by atoms with Crippen LogP contribution in [0.15, 0.2) is 24.3 Å². The van der Waals surface area contributed by atoms with Crippen LogP contribution in [0.2, 0.25) is 0 Å². The number of benzene rings is 1. The monoisotopic (exact) mass is 359 g/mol. The van der Waals surface area contributed by atoms with Crippen LogP contribution in [0.1, 0.15) is 46.0 Å². The van der Waals surface area contributed by atoms with Gasteiger partial charge < -0.3 is 19.9 Å². The van der Waals surface area contributed by atoms with E-state index in [1.54, 1.807) is 27.0 Å². The minimum absolute atomic E-state index is 0.0928. The highest BCUT2D eigenvalue weighted by atomic mass is 16.5. The van der Waals surface area contributed by atoms with Crippen LogP contribution in [0.25, 0.3) is 0 Å². The number of aliphatic hydroxyl groups is 1. The highest BCUT2D eigenvalue weighted by molar-refractivity contribution is 5.85. The number of carbonyl (C=O) groups excluding carboxylic acids is 1. The normalized spacial score (nSPS) is 35.2. The van der Waals surface area contributed by atoms with Crippen LogP contribution in [0.3, 0.4) is 0 Å². The molecule has 1 unspecified atom stereocenters. The first kappa shape index (κ1) is 17.7. The second kappa shape index (κ2) is 6.15. The summed E-state index contributed by atoms with van der Waals surface area (Å²) in [5.41, 5.74) is -1.46. The van der Waals surface area contributed by atoms with Crippen molar-refractivity contribution in [3.63, 3.8) is 0 Å². The molecule has 5 heteroatoms. The molecule has 1 aromatic carbocycles. The maximum absolute atomic E-state index is 13.0. The Labute approximate surface area is 155 Å². The van der Waals surface area contributed by atoms with Crippen LogP contribution in [-0.2, 0) is 4.79 Å². The van der Waals surface area contributed by atoms with Crippen molar-refractivity contribution < 1.29 is 19.4 Å². The van der Waals surface area contributed by atoms with E-state index in [9.17, 15) is 9.90 Å². The van der Waals surface area contributed by atoms with Crippen molar-refractivity contribution in [1.82, 2.24) is 5.32 Å². The van der Waals surface area contributed by atoms with Gasteiger partial charge in [0.15, 0.2) is 5.60 Å². The summed E-state index contributed by atoms with van der Waals surface area (Å²) < 4.78 is 11.2. The summed E-state index contributed by atoms with van der Waals surface area (Å²) in [6.45, 7) is 3.59. The van der Waals surface area contributed by atoms with Crippen molar-refractivity contribution >= 4 is 5.91 Å². The first-order valence-corrected chi connectivity index (χ1v) is 9.64. The highest BCUT2D eigenvalue weighted by Gasteiger charge is 2.55. The summed E-state index contributed by atoms with van der Waals surface area (Å²) in [7, 11) is 1.61. The maximum atomic E-state index is 13.0. The quantitative estimate of drug-likeness (QED) is 0.848. The molecule has 5 nitrogen and oxygen atoms in total. The van der Waals surface area contributed by atoms with Crippen LogP contribution >= 0.6 is 0 Å². The molecule has 0 aromatic heterocycles. The lowest BCUT2D eigenvalue weighted by Gasteiger charge is -2.58. The number of methoxy groups -OCH3 is 1. The molecule has 4 bridgehead atoms. The molecule has 0 heterocycles. The van der Waals surface area contributed by atoms with E-state index in [4.69, 9.17) is 9.47 Å². The van der Waals surface area contributed by atoms with Gasteiger partial charge in [0.1, 0.15) is 11.5 Å². The summed E-state index contributed by atoms with van der Waals surface area (Å²) >= 11 is 0. The van der Waals surface area contributed by atoms with E-state index in [1.165, 1.54) is 0 Å². The standard InChI is InChI=1S/C21H29NO4/c1-20(2,26-17-6-4-5-16(9-17)25-3)19(23)22-18-14-7-13-8-15(18)12-21(24,10-13)11-14/h4-6,9,13-15,18,24H,7-8,10-12H2,1-3H3,(H,22,23)/t13?,14-,15+,18+,21+. The van der Waals surface area contributed by atoms with E-state index in [1.807, 2.05) is 18.2 Å². The predicted octanol–water partition coefficient (Wildman–Crippen LogP) is 2.91. The van der Waals surface area contributed by atoms with Gasteiger partial charge in [-0.2, -0.15) is 0 Å². The van der Waals surface area contributed by atoms with Gasteiger partial charge in [0, 0.05) is 12.1 Å². The number of rotatable bonds is 5. The fourth-order valence-corrected chi connectivity index (χ4v) is 5.55. The van der Waals surface area contributed by atoms with E-state index >= 15 is 0 Å². The van der Waals surface area contributed by atoms with Crippen LogP contribution in [0.4, 0.5) is 0 Å². The summed E-state index contributed by atoms with van der Waals surface area (Å²) in [6.07, 6.45) is 4.84. The van der Waals surface area contributed by atoms with Gasteiger partial charge in [0.2, 0.25) is 0 Å². The lowest BCUT2D eigenvalue weighted by atomic mass is 9.52. The van der Waals surface area contributed by atoms with Gasteiger partial charge in [0.05, 0.1) is 12.7 Å². The average molecular weight is 359 g/mol. The van der Waals surface area contributed by atoms with Gasteiger partial charge >= 0.3 is 0 Å². The minimum atomic E-state index is -0.974. The van der Waals surface area contributed by atoms with Crippen LogP contribution in [0, 0.1) is 17.8 Å². The molecule has 2 N–H and O–H groups in total. The molecule has 0 radical (unpaired) electrons. The van der Waals surface area contributed by atoms with Crippen LogP contribution in [0.5, 0.6) is 11.5 Å². The molecule has 4 aliphatic carbocycles. The Morgan fingerprint density at radius 1 is 1.19 bits per heavy atom. The van der Waals surface area contributed by atoms with Crippen molar-refractivity contribution in [3.8, 4) is 11.5 Å². The molecular weight excluding hydrogens is 330 g/mol. The molecular formula is C21H29NO4. The first-order chi connectivity index (χ1) is 12.3. The topological polar surface area (TPSA) is 67.8 Å². The number of carbonyl (C=O) groups is 1. The summed E-state index contributed by atoms with van der Waals surface area (Å²) in [6, 6.07) is 7.47. The molecule has 5 rings (SSSR count). The zero-order chi connectivity index (χ0) is 18.5. The molecule has 142 valence electrons. The number of hydrogen-bond donors (Lipinski definition) is 2. The molecule has 4 fully saturated rings. The Morgan fingerprint density at radius 2 is 1.85 bits per heavy atom. The van der Waals surface area contributed by atoms with E-state index in [2.05, 4.69) is 5.32 Å². The SMILES string of the molecule is COc1cccc(OC(C)(C)C(=O)N[C@H]2[C@@H]3CC4C[C@H]2C[C@](O)(C4)C3)c1. The van der Waals surface area contributed by atoms with Crippen LogP contribution < -0.4 is 14.8 Å². The average Bonchev–Trinajstić information content (AvgIpc) is 2.56. The van der Waals surface area contributed by atoms with Crippen molar-refractivity contribution in [3.05, 3.63) is 24.3 Å². The second-order valence-corrected chi connectivity index (χ2v) is 8.98. The van der Waals surface area contributed by atoms with Gasteiger partial charge in [-0.1, -0.05) is 6.07 Å². The van der Waals surface area contributed by atoms with Crippen LogP contribution in [-0.4, -0.2) is 35.4 Å². The van der Waals surface area contributed by atoms with E-state index in [-0.39, 0.29) is 11.9 Å². The largest absolute Gasteiger partial charge is 0.497 e. The fraction of sp³-hybridized carbons (Fsp3) is 0.667. The third-order valence-corrected chi connectivity index (χ3v) is 6.50. The van der Waals surface area contributed by atoms with Crippen molar-refractivity contribution in [2.45, 2.75) is 63.2 Å². The van der Waals surface area contributed by atoms with Crippen molar-refractivity contribution in [1.29, 1.82) is 0 Å². The summed E-state index contributed by atoms with van der Waals surface area (Å²) in [4.78, 5) is 13.0. The first-order valence-electron chi connectivity index (χ1n) is 9.64. The third-order valence-electron chi connectivity index (χ3n) is 6.50. The molecule has 1 aromatic rings. The maximum Gasteiger partial charge on any atom is 0.263 e. The molecule has 0 saturated heterocycles.